The van der Waals surface area contributed by atoms with Gasteiger partial charge in [-0.3, -0.25) is 4.90 Å². The van der Waals surface area contributed by atoms with Crippen molar-refractivity contribution in [1.82, 2.24) is 10.1 Å². The Bertz CT molecular complexity index is 683. The number of aryl methyl sites for hydroxylation is 1. The highest BCUT2D eigenvalue weighted by atomic mass is 16.5. The lowest BCUT2D eigenvalue weighted by atomic mass is 10.0. The van der Waals surface area contributed by atoms with Gasteiger partial charge in [0.1, 0.15) is 23.9 Å². The number of hydrogen-bond donors (Lipinski definition) is 1. The second-order valence-electron chi connectivity index (χ2n) is 7.21. The van der Waals surface area contributed by atoms with Crippen molar-refractivity contribution < 1.29 is 19.1 Å². The Morgan fingerprint density at radius 3 is 2.62 bits per heavy atom. The highest BCUT2D eigenvalue weighted by Crippen LogP contribution is 2.22. The average Bonchev–Trinajstić information content (AvgIpc) is 3.15. The lowest BCUT2D eigenvalue weighted by Gasteiger charge is -2.16. The lowest BCUT2D eigenvalue weighted by Crippen LogP contribution is -2.27. The molecule has 1 aromatic carbocycles. The molecule has 1 N–H and O–H groups in total. The summed E-state index contributed by atoms with van der Waals surface area (Å²) in [4.78, 5) is 2.23. The third-order valence-electron chi connectivity index (χ3n) is 4.49. The van der Waals surface area contributed by atoms with E-state index in [2.05, 4.69) is 10.1 Å². The van der Waals surface area contributed by atoms with E-state index < -0.39 is 0 Å². The van der Waals surface area contributed by atoms with Crippen LogP contribution in [0.2, 0.25) is 0 Å². The van der Waals surface area contributed by atoms with Gasteiger partial charge in [0.05, 0.1) is 17.9 Å². The van der Waals surface area contributed by atoms with Crippen molar-refractivity contribution in [3.8, 4) is 11.5 Å². The summed E-state index contributed by atoms with van der Waals surface area (Å²) in [6, 6.07) is 9.62. The van der Waals surface area contributed by atoms with E-state index in [0.29, 0.717) is 13.2 Å². The van der Waals surface area contributed by atoms with Crippen LogP contribution in [0.3, 0.4) is 0 Å². The summed E-state index contributed by atoms with van der Waals surface area (Å²) < 4.78 is 16.7. The molecule has 1 saturated heterocycles. The van der Waals surface area contributed by atoms with Gasteiger partial charge in [-0.15, -0.1) is 0 Å². The minimum atomic E-state index is -0.340. The Morgan fingerprint density at radius 1 is 1.23 bits per heavy atom. The van der Waals surface area contributed by atoms with E-state index in [9.17, 15) is 5.11 Å². The van der Waals surface area contributed by atoms with E-state index in [1.807, 2.05) is 51.1 Å². The van der Waals surface area contributed by atoms with Gasteiger partial charge in [0.2, 0.25) is 0 Å². The fraction of sp³-hybridized carbons (Fsp3) is 0.550. The summed E-state index contributed by atoms with van der Waals surface area (Å²) in [6.45, 7) is 8.80. The van der Waals surface area contributed by atoms with Crippen LogP contribution in [0.5, 0.6) is 11.5 Å². The van der Waals surface area contributed by atoms with Crippen molar-refractivity contribution in [2.45, 2.75) is 39.4 Å². The molecule has 0 spiro atoms. The Kier molecular flexibility index (Phi) is 6.16. The number of aliphatic hydroxyl groups excluding tert-OH is 1. The van der Waals surface area contributed by atoms with Crippen molar-refractivity contribution in [3.05, 3.63) is 41.8 Å². The van der Waals surface area contributed by atoms with Crippen LogP contribution in [0.1, 0.15) is 25.3 Å². The maximum Gasteiger partial charge on any atom is 0.137 e. The maximum atomic E-state index is 10.3. The first kappa shape index (κ1) is 18.7. The van der Waals surface area contributed by atoms with E-state index in [1.165, 1.54) is 0 Å². The van der Waals surface area contributed by atoms with Gasteiger partial charge in [0.15, 0.2) is 0 Å². The van der Waals surface area contributed by atoms with Gasteiger partial charge in [0.25, 0.3) is 0 Å². The van der Waals surface area contributed by atoms with E-state index >= 15 is 0 Å². The van der Waals surface area contributed by atoms with Crippen molar-refractivity contribution in [3.63, 3.8) is 0 Å². The predicted molar refractivity (Wildman–Crippen MR) is 98.6 cm³/mol. The molecule has 0 amide bonds. The van der Waals surface area contributed by atoms with Crippen LogP contribution in [0.4, 0.5) is 0 Å². The van der Waals surface area contributed by atoms with Gasteiger partial charge in [-0.05, 0) is 45.0 Å². The summed E-state index contributed by atoms with van der Waals surface area (Å²) in [5.74, 6) is 2.69. The third-order valence-corrected chi connectivity index (χ3v) is 4.49. The van der Waals surface area contributed by atoms with Gasteiger partial charge >= 0.3 is 0 Å². The number of benzene rings is 1. The monoisotopic (exact) mass is 360 g/mol. The maximum absolute atomic E-state index is 10.3. The number of aliphatic hydroxyl groups is 1. The minimum Gasteiger partial charge on any atom is -0.492 e. The first-order valence-electron chi connectivity index (χ1n) is 9.21. The smallest absolute Gasteiger partial charge is 0.137 e. The predicted octanol–water partition coefficient (Wildman–Crippen LogP) is 2.68. The molecule has 0 unspecified atom stereocenters. The zero-order valence-electron chi connectivity index (χ0n) is 15.7. The van der Waals surface area contributed by atoms with Gasteiger partial charge in [-0.25, -0.2) is 0 Å². The molecule has 142 valence electrons. The zero-order chi connectivity index (χ0) is 18.5. The molecule has 2 atom stereocenters. The Morgan fingerprint density at radius 2 is 1.96 bits per heavy atom. The molecule has 2 heterocycles. The summed E-state index contributed by atoms with van der Waals surface area (Å²) in [5, 5.41) is 14.2. The molecule has 6 heteroatoms. The molecule has 1 aliphatic rings. The molecule has 0 saturated carbocycles. The van der Waals surface area contributed by atoms with Crippen LogP contribution < -0.4 is 9.47 Å². The summed E-state index contributed by atoms with van der Waals surface area (Å²) in [7, 11) is 0. The second kappa shape index (κ2) is 8.56. The molecule has 2 aromatic rings. The van der Waals surface area contributed by atoms with Gasteiger partial charge in [0, 0.05) is 38.0 Å². The number of hydrogen-bond acceptors (Lipinski definition) is 6. The first-order chi connectivity index (χ1) is 12.5. The number of aromatic nitrogens is 1. The third kappa shape index (κ3) is 5.22. The Balaban J connectivity index is 1.41. The van der Waals surface area contributed by atoms with E-state index in [4.69, 9.17) is 14.0 Å². The summed E-state index contributed by atoms with van der Waals surface area (Å²) >= 11 is 0. The molecule has 6 nitrogen and oxygen atoms in total. The number of rotatable bonds is 8. The first-order valence-corrected chi connectivity index (χ1v) is 9.21. The van der Waals surface area contributed by atoms with Crippen molar-refractivity contribution in [2.24, 2.45) is 5.92 Å². The van der Waals surface area contributed by atoms with Crippen LogP contribution in [0.25, 0.3) is 0 Å². The average molecular weight is 360 g/mol. The molecule has 26 heavy (non-hydrogen) atoms. The molecule has 0 aliphatic carbocycles. The Hall–Kier alpha value is -2.05. The molecule has 3 rings (SSSR count). The lowest BCUT2D eigenvalue weighted by molar-refractivity contribution is 0.136. The van der Waals surface area contributed by atoms with Gasteiger partial charge < -0.3 is 19.1 Å². The standard InChI is InChI=1S/C20H28N2O4/c1-14(2)25-18-6-4-17(5-7-18)24-9-8-22-12-16(20(23)13-22)11-19-10-15(3)21-26-19/h4-7,10,14,16,20,23H,8-9,11-13H2,1-3H3/t16-,20+/m1/s1. The van der Waals surface area contributed by atoms with Gasteiger partial charge in [-0.2, -0.15) is 0 Å². The van der Waals surface area contributed by atoms with Crippen LogP contribution in [-0.4, -0.2) is 53.6 Å². The molecule has 1 fully saturated rings. The van der Waals surface area contributed by atoms with E-state index in [-0.39, 0.29) is 18.1 Å². The van der Waals surface area contributed by atoms with Crippen molar-refractivity contribution in [2.75, 3.05) is 26.2 Å². The normalized spacial score (nSPS) is 20.7. The van der Waals surface area contributed by atoms with Gasteiger partial charge in [-0.1, -0.05) is 5.16 Å². The topological polar surface area (TPSA) is 68.0 Å². The number of likely N-dealkylation sites (tertiary alicyclic amines) is 1. The highest BCUT2D eigenvalue weighted by molar-refractivity contribution is 5.31. The Labute approximate surface area is 154 Å². The second-order valence-corrected chi connectivity index (χ2v) is 7.21. The molecule has 0 bridgehead atoms. The zero-order valence-corrected chi connectivity index (χ0v) is 15.7. The quantitative estimate of drug-likeness (QED) is 0.781. The van der Waals surface area contributed by atoms with E-state index in [0.717, 1.165) is 42.5 Å². The summed E-state index contributed by atoms with van der Waals surface area (Å²) in [5.41, 5.74) is 0.877. The fourth-order valence-corrected chi connectivity index (χ4v) is 3.27. The van der Waals surface area contributed by atoms with Crippen LogP contribution in [0, 0.1) is 12.8 Å². The van der Waals surface area contributed by atoms with Crippen LogP contribution in [0.15, 0.2) is 34.9 Å². The van der Waals surface area contributed by atoms with Crippen molar-refractivity contribution >= 4 is 0 Å². The molecular formula is C20H28N2O4. The highest BCUT2D eigenvalue weighted by Gasteiger charge is 2.32. The fourth-order valence-electron chi connectivity index (χ4n) is 3.27. The SMILES string of the molecule is Cc1cc(C[C@@H]2CN(CCOc3ccc(OC(C)C)cc3)C[C@@H]2O)on1. The summed E-state index contributed by atoms with van der Waals surface area (Å²) in [6.07, 6.45) is 0.543. The largest absolute Gasteiger partial charge is 0.492 e. The molecule has 0 radical (unpaired) electrons. The van der Waals surface area contributed by atoms with Crippen molar-refractivity contribution in [1.29, 1.82) is 0 Å². The van der Waals surface area contributed by atoms with Crippen LogP contribution >= 0.6 is 0 Å². The van der Waals surface area contributed by atoms with Crippen LogP contribution in [-0.2, 0) is 6.42 Å². The molecular weight excluding hydrogens is 332 g/mol. The number of ether oxygens (including phenoxy) is 2. The number of β-amino-alcohol motifs (C(OH)–C–C–N with tert-alkyl or cyclic N) is 1. The minimum absolute atomic E-state index is 0.164. The van der Waals surface area contributed by atoms with E-state index in [1.54, 1.807) is 0 Å². The molecule has 1 aromatic heterocycles. The number of nitrogens with zero attached hydrogens (tertiary/aromatic N) is 2. The molecule has 1 aliphatic heterocycles.